The third-order valence-electron chi connectivity index (χ3n) is 5.38. The van der Waals surface area contributed by atoms with Gasteiger partial charge >= 0.3 is 5.97 Å². The summed E-state index contributed by atoms with van der Waals surface area (Å²) in [5.41, 5.74) is 16.6. The average Bonchev–Trinajstić information content (AvgIpc) is 3.21. The van der Waals surface area contributed by atoms with Crippen LogP contribution in [0.1, 0.15) is 58.3 Å². The van der Waals surface area contributed by atoms with E-state index < -0.39 is 42.0 Å². The normalized spacial score (nSPS) is 18.8. The fraction of sp³-hybridized carbons (Fsp3) is 0.800. The van der Waals surface area contributed by atoms with Crippen LogP contribution in [0, 0.1) is 0 Å². The Hall–Kier alpha value is -2.24. The standard InChI is InChI=1S/C20H38N6O5/c1-13(23)17(27)24-14(7-2-4-10-21)19(29)26-12-6-9-16(26)18(28)25-15(20(30)31)8-3-5-11-22/h13-16H,2-12,21-23H2,1H3,(H,24,27)(H,25,28)(H,30,31). The van der Waals surface area contributed by atoms with Crippen molar-refractivity contribution < 1.29 is 24.3 Å². The smallest absolute Gasteiger partial charge is 0.326 e. The molecule has 0 aromatic heterocycles. The summed E-state index contributed by atoms with van der Waals surface area (Å²) < 4.78 is 0. The number of carboxylic acids is 1. The van der Waals surface area contributed by atoms with Crippen molar-refractivity contribution in [3.63, 3.8) is 0 Å². The predicted octanol–water partition coefficient (Wildman–Crippen LogP) is -1.36. The van der Waals surface area contributed by atoms with Gasteiger partial charge in [0, 0.05) is 6.54 Å². The van der Waals surface area contributed by atoms with Gasteiger partial charge in [-0.05, 0) is 71.4 Å². The summed E-state index contributed by atoms with van der Waals surface area (Å²) in [7, 11) is 0. The molecule has 0 bridgehead atoms. The van der Waals surface area contributed by atoms with Gasteiger partial charge in [0.05, 0.1) is 6.04 Å². The largest absolute Gasteiger partial charge is 0.480 e. The molecule has 1 aliphatic heterocycles. The van der Waals surface area contributed by atoms with Gasteiger partial charge < -0.3 is 37.8 Å². The zero-order valence-electron chi connectivity index (χ0n) is 18.3. The van der Waals surface area contributed by atoms with Crippen molar-refractivity contribution in [1.29, 1.82) is 0 Å². The highest BCUT2D eigenvalue weighted by molar-refractivity contribution is 5.94. The monoisotopic (exact) mass is 442 g/mol. The van der Waals surface area contributed by atoms with E-state index in [9.17, 15) is 24.3 Å². The quantitative estimate of drug-likeness (QED) is 0.177. The Morgan fingerprint density at radius 3 is 2.10 bits per heavy atom. The van der Waals surface area contributed by atoms with Gasteiger partial charge in [0.15, 0.2) is 0 Å². The maximum Gasteiger partial charge on any atom is 0.326 e. The molecule has 3 amide bonds. The number of nitrogens with two attached hydrogens (primary N) is 3. The molecular formula is C20H38N6O5. The van der Waals surface area contributed by atoms with Gasteiger partial charge in [-0.2, -0.15) is 0 Å². The van der Waals surface area contributed by atoms with Crippen LogP contribution in [0.25, 0.3) is 0 Å². The molecule has 1 saturated heterocycles. The minimum atomic E-state index is -1.12. The van der Waals surface area contributed by atoms with E-state index in [1.165, 1.54) is 11.8 Å². The van der Waals surface area contributed by atoms with E-state index in [1.807, 2.05) is 0 Å². The first-order chi connectivity index (χ1) is 14.7. The lowest BCUT2D eigenvalue weighted by Crippen LogP contribution is -2.56. The number of hydrogen-bond donors (Lipinski definition) is 6. The number of carbonyl (C=O) groups excluding carboxylic acids is 3. The van der Waals surface area contributed by atoms with Crippen LogP contribution in [0.15, 0.2) is 0 Å². The number of amides is 3. The molecule has 0 aromatic rings. The minimum Gasteiger partial charge on any atom is -0.480 e. The van der Waals surface area contributed by atoms with Crippen molar-refractivity contribution >= 4 is 23.7 Å². The van der Waals surface area contributed by atoms with Crippen LogP contribution in [0.2, 0.25) is 0 Å². The van der Waals surface area contributed by atoms with Crippen molar-refractivity contribution in [1.82, 2.24) is 15.5 Å². The molecule has 1 aliphatic rings. The minimum absolute atomic E-state index is 0.269. The van der Waals surface area contributed by atoms with Gasteiger partial charge in [0.25, 0.3) is 0 Å². The second-order valence-corrected chi connectivity index (χ2v) is 8.01. The maximum absolute atomic E-state index is 13.2. The number of nitrogens with zero attached hydrogens (tertiary/aromatic N) is 1. The van der Waals surface area contributed by atoms with Crippen LogP contribution in [0.4, 0.5) is 0 Å². The van der Waals surface area contributed by atoms with Crippen molar-refractivity contribution in [2.75, 3.05) is 19.6 Å². The van der Waals surface area contributed by atoms with E-state index in [2.05, 4.69) is 10.6 Å². The first kappa shape index (κ1) is 26.8. The molecule has 31 heavy (non-hydrogen) atoms. The van der Waals surface area contributed by atoms with E-state index in [0.717, 1.165) is 0 Å². The number of unbranched alkanes of at least 4 members (excludes halogenated alkanes) is 2. The molecule has 1 rings (SSSR count). The molecule has 1 fully saturated rings. The number of likely N-dealkylation sites (tertiary alicyclic amines) is 1. The number of nitrogens with one attached hydrogen (secondary N) is 2. The molecule has 9 N–H and O–H groups in total. The van der Waals surface area contributed by atoms with Gasteiger partial charge in [0.1, 0.15) is 18.1 Å². The van der Waals surface area contributed by atoms with Gasteiger partial charge in [-0.25, -0.2) is 4.79 Å². The lowest BCUT2D eigenvalue weighted by atomic mass is 10.1. The van der Waals surface area contributed by atoms with Crippen LogP contribution < -0.4 is 27.8 Å². The molecule has 178 valence electrons. The van der Waals surface area contributed by atoms with Crippen molar-refractivity contribution in [3.05, 3.63) is 0 Å². The first-order valence-electron chi connectivity index (χ1n) is 11.0. The Bertz CT molecular complexity index is 615. The number of carboxylic acid groups (broad SMARTS) is 1. The fourth-order valence-electron chi connectivity index (χ4n) is 3.57. The summed E-state index contributed by atoms with van der Waals surface area (Å²) in [5, 5.41) is 14.6. The van der Waals surface area contributed by atoms with Gasteiger partial charge in [0.2, 0.25) is 17.7 Å². The summed E-state index contributed by atoms with van der Waals surface area (Å²) in [6, 6.07) is -3.38. The second kappa shape index (κ2) is 13.9. The van der Waals surface area contributed by atoms with E-state index in [4.69, 9.17) is 17.2 Å². The molecule has 1 heterocycles. The van der Waals surface area contributed by atoms with Crippen LogP contribution in [0.5, 0.6) is 0 Å². The Labute approximate surface area is 183 Å². The highest BCUT2D eigenvalue weighted by Gasteiger charge is 2.38. The SMILES string of the molecule is CC(N)C(=O)NC(CCCCN)C(=O)N1CCCC1C(=O)NC(CCCCN)C(=O)O. The molecule has 11 heteroatoms. The third-order valence-corrected chi connectivity index (χ3v) is 5.38. The molecule has 0 saturated carbocycles. The maximum atomic E-state index is 13.2. The Kier molecular flexibility index (Phi) is 12.1. The van der Waals surface area contributed by atoms with Gasteiger partial charge in [-0.1, -0.05) is 0 Å². The highest BCUT2D eigenvalue weighted by Crippen LogP contribution is 2.20. The van der Waals surface area contributed by atoms with Crippen LogP contribution in [-0.4, -0.2) is 77.5 Å². The molecule has 0 aliphatic carbocycles. The highest BCUT2D eigenvalue weighted by atomic mass is 16.4. The second-order valence-electron chi connectivity index (χ2n) is 8.01. The lowest BCUT2D eigenvalue weighted by molar-refractivity contribution is -0.145. The lowest BCUT2D eigenvalue weighted by Gasteiger charge is -2.30. The number of aliphatic carboxylic acids is 1. The summed E-state index contributed by atoms with van der Waals surface area (Å²) in [6.07, 6.45) is 4.28. The zero-order chi connectivity index (χ0) is 23.4. The average molecular weight is 443 g/mol. The van der Waals surface area contributed by atoms with Gasteiger partial charge in [-0.15, -0.1) is 0 Å². The molecule has 0 spiro atoms. The number of hydrogen-bond acceptors (Lipinski definition) is 7. The van der Waals surface area contributed by atoms with Crippen molar-refractivity contribution in [3.8, 4) is 0 Å². The Morgan fingerprint density at radius 2 is 1.58 bits per heavy atom. The van der Waals surface area contributed by atoms with Crippen molar-refractivity contribution in [2.45, 2.75) is 82.5 Å². The number of carbonyl (C=O) groups is 4. The molecule has 4 atom stereocenters. The molecule has 4 unspecified atom stereocenters. The van der Waals surface area contributed by atoms with E-state index in [1.54, 1.807) is 0 Å². The zero-order valence-corrected chi connectivity index (χ0v) is 18.3. The summed E-state index contributed by atoms with van der Waals surface area (Å²) in [5.74, 6) is -2.42. The van der Waals surface area contributed by atoms with Crippen LogP contribution in [0.3, 0.4) is 0 Å². The Balaban J connectivity index is 2.85. The molecular weight excluding hydrogens is 404 g/mol. The van der Waals surface area contributed by atoms with Crippen molar-refractivity contribution in [2.24, 2.45) is 17.2 Å². The number of rotatable bonds is 14. The summed E-state index contributed by atoms with van der Waals surface area (Å²) in [6.45, 7) is 2.81. The van der Waals surface area contributed by atoms with Crippen LogP contribution >= 0.6 is 0 Å². The molecule has 11 nitrogen and oxygen atoms in total. The van der Waals surface area contributed by atoms with E-state index >= 15 is 0 Å². The molecule has 0 aromatic carbocycles. The first-order valence-corrected chi connectivity index (χ1v) is 11.0. The fourth-order valence-corrected chi connectivity index (χ4v) is 3.57. The topological polar surface area (TPSA) is 194 Å². The predicted molar refractivity (Wildman–Crippen MR) is 116 cm³/mol. The van der Waals surface area contributed by atoms with Crippen LogP contribution in [-0.2, 0) is 19.2 Å². The molecule has 0 radical (unpaired) electrons. The van der Waals surface area contributed by atoms with Gasteiger partial charge in [-0.3, -0.25) is 14.4 Å². The third kappa shape index (κ3) is 8.80. The Morgan fingerprint density at radius 1 is 1.00 bits per heavy atom. The van der Waals surface area contributed by atoms with E-state index in [0.29, 0.717) is 64.6 Å². The van der Waals surface area contributed by atoms with E-state index in [-0.39, 0.29) is 12.3 Å². The summed E-state index contributed by atoms with van der Waals surface area (Å²) in [4.78, 5) is 51.0. The summed E-state index contributed by atoms with van der Waals surface area (Å²) >= 11 is 0.